The van der Waals surface area contributed by atoms with Gasteiger partial charge in [-0.05, 0) is 32.1 Å². The van der Waals surface area contributed by atoms with Crippen LogP contribution in [-0.4, -0.2) is 0 Å². The van der Waals surface area contributed by atoms with Gasteiger partial charge in [0.2, 0.25) is 0 Å². The monoisotopic (exact) mass is 240 g/mol. The Morgan fingerprint density at radius 3 is 1.71 bits per heavy atom. The summed E-state index contributed by atoms with van der Waals surface area (Å²) in [5.41, 5.74) is 1.40. The lowest BCUT2D eigenvalue weighted by atomic mass is 10.1. The van der Waals surface area contributed by atoms with Gasteiger partial charge in [-0.25, -0.2) is 0 Å². The van der Waals surface area contributed by atoms with Crippen molar-refractivity contribution in [1.29, 1.82) is 0 Å². The van der Waals surface area contributed by atoms with Crippen molar-refractivity contribution in [3.8, 4) is 0 Å². The minimum atomic E-state index is 0.737. The summed E-state index contributed by atoms with van der Waals surface area (Å²) in [4.78, 5) is 0. The van der Waals surface area contributed by atoms with Crippen LogP contribution in [0.2, 0.25) is 0 Å². The molecule has 0 bridgehead atoms. The molecule has 0 fully saturated rings. The van der Waals surface area contributed by atoms with Crippen LogP contribution in [0.15, 0.2) is 23.8 Å². The Labute approximate surface area is 111 Å². The first-order chi connectivity index (χ1) is 7.90. The third-order valence-corrected chi connectivity index (χ3v) is 1.77. The molecule has 0 aromatic rings. The van der Waals surface area contributed by atoms with E-state index in [1.54, 1.807) is 0 Å². The van der Waals surface area contributed by atoms with E-state index in [9.17, 15) is 0 Å². The zero-order valence-corrected chi connectivity index (χ0v) is 13.8. The Hall–Kier alpha value is -0.520. The average molecular weight is 240 g/mol. The molecule has 0 nitrogen and oxygen atoms in total. The van der Waals surface area contributed by atoms with Gasteiger partial charge in [0.25, 0.3) is 0 Å². The van der Waals surface area contributed by atoms with Gasteiger partial charge in [0.15, 0.2) is 0 Å². The van der Waals surface area contributed by atoms with Crippen LogP contribution in [0.1, 0.15) is 75.2 Å². The lowest BCUT2D eigenvalue weighted by Gasteiger charge is -1.97. The molecular formula is C17H36. The molecule has 0 radical (unpaired) electrons. The topological polar surface area (TPSA) is 0 Å². The summed E-state index contributed by atoms with van der Waals surface area (Å²) in [5.74, 6) is 1.57. The molecule has 0 aliphatic heterocycles. The van der Waals surface area contributed by atoms with Crippen LogP contribution < -0.4 is 0 Å². The molecule has 0 aromatic heterocycles. The number of hydrogen-bond acceptors (Lipinski definition) is 0. The molecular weight excluding hydrogens is 204 g/mol. The average Bonchev–Trinajstić information content (AvgIpc) is 2.26. The first-order valence-corrected chi connectivity index (χ1v) is 7.20. The fraction of sp³-hybridized carbons (Fsp3) is 0.765. The molecule has 0 heterocycles. The molecule has 1 unspecified atom stereocenters. The summed E-state index contributed by atoms with van der Waals surface area (Å²) in [6.45, 7) is 19.2. The van der Waals surface area contributed by atoms with E-state index in [1.165, 1.54) is 12.0 Å². The summed E-state index contributed by atoms with van der Waals surface area (Å²) < 4.78 is 0. The molecule has 0 heteroatoms. The quantitative estimate of drug-likeness (QED) is 0.483. The summed E-state index contributed by atoms with van der Waals surface area (Å²) in [5, 5.41) is 0. The van der Waals surface area contributed by atoms with Crippen molar-refractivity contribution in [3.63, 3.8) is 0 Å². The first kappa shape index (κ1) is 21.7. The Morgan fingerprint density at radius 2 is 1.41 bits per heavy atom. The highest BCUT2D eigenvalue weighted by molar-refractivity contribution is 4.99. The molecule has 0 amide bonds. The molecule has 0 aliphatic carbocycles. The Kier molecular flexibility index (Phi) is 22.8. The van der Waals surface area contributed by atoms with Crippen LogP contribution in [0, 0.1) is 11.8 Å². The van der Waals surface area contributed by atoms with Gasteiger partial charge in [-0.2, -0.15) is 0 Å². The third-order valence-electron chi connectivity index (χ3n) is 1.77. The zero-order chi connectivity index (χ0) is 14.3. The van der Waals surface area contributed by atoms with Crippen LogP contribution in [-0.2, 0) is 0 Å². The fourth-order valence-corrected chi connectivity index (χ4v) is 0.751. The number of hydrogen-bond donors (Lipinski definition) is 0. The smallest absolute Gasteiger partial charge is 0.0167 e. The number of allylic oxidation sites excluding steroid dienone is 4. The van der Waals surface area contributed by atoms with Crippen molar-refractivity contribution in [2.45, 2.75) is 75.2 Å². The fourth-order valence-electron chi connectivity index (χ4n) is 0.751. The first-order valence-electron chi connectivity index (χ1n) is 7.20. The Morgan fingerprint density at radius 1 is 1.00 bits per heavy atom. The predicted molar refractivity (Wildman–Crippen MR) is 84.5 cm³/mol. The standard InChI is InChI=1S/C11H20.C4H10.C2H6/c1-5-11(4)9-7-6-8-10(2)3;1-4(2)3;1-2/h7-9,11H,5-6H2,1-4H3;4H,1-3H3;1-2H3. The summed E-state index contributed by atoms with van der Waals surface area (Å²) in [6, 6.07) is 0. The van der Waals surface area contributed by atoms with Crippen molar-refractivity contribution in [2.24, 2.45) is 11.8 Å². The van der Waals surface area contributed by atoms with E-state index in [1.807, 2.05) is 13.8 Å². The van der Waals surface area contributed by atoms with Gasteiger partial charge in [0.05, 0.1) is 0 Å². The van der Waals surface area contributed by atoms with Crippen molar-refractivity contribution in [2.75, 3.05) is 0 Å². The van der Waals surface area contributed by atoms with E-state index in [0.29, 0.717) is 0 Å². The van der Waals surface area contributed by atoms with Crippen molar-refractivity contribution in [3.05, 3.63) is 23.8 Å². The summed E-state index contributed by atoms with van der Waals surface area (Å²) in [6.07, 6.45) is 9.12. The highest BCUT2D eigenvalue weighted by Gasteiger charge is 1.88. The van der Waals surface area contributed by atoms with Crippen LogP contribution in [0.4, 0.5) is 0 Å². The van der Waals surface area contributed by atoms with Crippen LogP contribution in [0.25, 0.3) is 0 Å². The van der Waals surface area contributed by atoms with Gasteiger partial charge in [-0.1, -0.05) is 78.7 Å². The molecule has 17 heavy (non-hydrogen) atoms. The van der Waals surface area contributed by atoms with Crippen molar-refractivity contribution >= 4 is 0 Å². The molecule has 0 aromatic carbocycles. The zero-order valence-electron chi connectivity index (χ0n) is 13.8. The van der Waals surface area contributed by atoms with Crippen LogP contribution in [0.3, 0.4) is 0 Å². The van der Waals surface area contributed by atoms with E-state index in [4.69, 9.17) is 0 Å². The molecule has 104 valence electrons. The van der Waals surface area contributed by atoms with Gasteiger partial charge in [-0.15, -0.1) is 0 Å². The Bertz CT molecular complexity index is 166. The molecule has 0 spiro atoms. The second-order valence-corrected chi connectivity index (χ2v) is 5.06. The molecule has 0 saturated heterocycles. The minimum Gasteiger partial charge on any atom is -0.0854 e. The summed E-state index contributed by atoms with van der Waals surface area (Å²) >= 11 is 0. The molecule has 0 aliphatic rings. The van der Waals surface area contributed by atoms with Gasteiger partial charge < -0.3 is 0 Å². The lowest BCUT2D eigenvalue weighted by Crippen LogP contribution is -1.83. The normalized spacial score (nSPS) is 11.2. The molecule has 1 atom stereocenters. The Balaban J connectivity index is -0.000000275. The maximum Gasteiger partial charge on any atom is -0.0167 e. The van der Waals surface area contributed by atoms with Crippen molar-refractivity contribution < 1.29 is 0 Å². The van der Waals surface area contributed by atoms with E-state index >= 15 is 0 Å². The van der Waals surface area contributed by atoms with Gasteiger partial charge >= 0.3 is 0 Å². The van der Waals surface area contributed by atoms with E-state index in [2.05, 4.69) is 66.7 Å². The van der Waals surface area contributed by atoms with Gasteiger partial charge in [0.1, 0.15) is 0 Å². The van der Waals surface area contributed by atoms with Gasteiger partial charge in [-0.3, -0.25) is 0 Å². The minimum absolute atomic E-state index is 0.737. The van der Waals surface area contributed by atoms with Crippen LogP contribution >= 0.6 is 0 Å². The maximum absolute atomic E-state index is 2.29. The van der Waals surface area contributed by atoms with Gasteiger partial charge in [0, 0.05) is 0 Å². The van der Waals surface area contributed by atoms with E-state index in [-0.39, 0.29) is 0 Å². The number of rotatable bonds is 4. The van der Waals surface area contributed by atoms with E-state index < -0.39 is 0 Å². The van der Waals surface area contributed by atoms with Crippen LogP contribution in [0.5, 0.6) is 0 Å². The molecule has 0 N–H and O–H groups in total. The predicted octanol–water partition coefficient (Wildman–Crippen LogP) is 6.63. The van der Waals surface area contributed by atoms with E-state index in [0.717, 1.165) is 18.3 Å². The largest absolute Gasteiger partial charge is 0.0854 e. The lowest BCUT2D eigenvalue weighted by molar-refractivity contribution is 0.696. The highest BCUT2D eigenvalue weighted by Crippen LogP contribution is 2.03. The summed E-state index contributed by atoms with van der Waals surface area (Å²) in [7, 11) is 0. The molecule has 0 saturated carbocycles. The third kappa shape index (κ3) is 39.1. The highest BCUT2D eigenvalue weighted by atomic mass is 13.9. The second-order valence-electron chi connectivity index (χ2n) is 5.06. The molecule has 0 rings (SSSR count). The van der Waals surface area contributed by atoms with Crippen molar-refractivity contribution in [1.82, 2.24) is 0 Å². The maximum atomic E-state index is 2.29. The second kappa shape index (κ2) is 17.9. The SMILES string of the molecule is CC.CC(C)C.CCC(C)C=CCC=C(C)C.